The van der Waals surface area contributed by atoms with E-state index in [1.165, 1.54) is 11.3 Å². The zero-order chi connectivity index (χ0) is 14.2. The minimum absolute atomic E-state index is 0.178. The number of rotatable bonds is 2. The highest BCUT2D eigenvalue weighted by atomic mass is 35.5. The van der Waals surface area contributed by atoms with E-state index in [1.807, 2.05) is 6.92 Å². The van der Waals surface area contributed by atoms with Gasteiger partial charge in [0.05, 0.1) is 16.4 Å². The molecule has 0 saturated carbocycles. The smallest absolute Gasteiger partial charge is 0.267 e. The van der Waals surface area contributed by atoms with E-state index in [-0.39, 0.29) is 11.1 Å². The number of aryl methyl sites for hydroxylation is 3. The molecule has 0 aliphatic heterocycles. The summed E-state index contributed by atoms with van der Waals surface area (Å²) in [6.07, 6.45) is 0. The molecule has 2 rings (SSSR count). The third kappa shape index (κ3) is 3.05. The van der Waals surface area contributed by atoms with Crippen molar-refractivity contribution in [1.29, 1.82) is 0 Å². The summed E-state index contributed by atoms with van der Waals surface area (Å²) in [7, 11) is 0. The minimum atomic E-state index is -0.239. The average Bonchev–Trinajstić information content (AvgIpc) is 2.62. The monoisotopic (exact) mass is 315 g/mol. The first kappa shape index (κ1) is 14.2. The van der Waals surface area contributed by atoms with Gasteiger partial charge < -0.3 is 5.32 Å². The topological polar surface area (TPSA) is 54.9 Å². The number of halogens is 2. The van der Waals surface area contributed by atoms with E-state index >= 15 is 0 Å². The molecule has 0 atom stereocenters. The number of hydrogen-bond donors (Lipinski definition) is 1. The lowest BCUT2D eigenvalue weighted by atomic mass is 10.2. The molecule has 100 valence electrons. The second-order valence-electron chi connectivity index (χ2n) is 4.03. The van der Waals surface area contributed by atoms with Crippen LogP contribution in [-0.2, 0) is 0 Å². The van der Waals surface area contributed by atoms with Gasteiger partial charge in [-0.25, -0.2) is 9.97 Å². The van der Waals surface area contributed by atoms with Crippen LogP contribution in [0.5, 0.6) is 0 Å². The summed E-state index contributed by atoms with van der Waals surface area (Å²) in [5, 5.41) is 4.08. The Morgan fingerprint density at radius 3 is 2.47 bits per heavy atom. The van der Waals surface area contributed by atoms with Crippen LogP contribution >= 0.6 is 34.5 Å². The summed E-state index contributed by atoms with van der Waals surface area (Å²) in [6, 6.07) is 1.65. The predicted molar refractivity (Wildman–Crippen MR) is 78.5 cm³/mol. The van der Waals surface area contributed by atoms with Crippen molar-refractivity contribution in [3.05, 3.63) is 37.5 Å². The zero-order valence-corrected chi connectivity index (χ0v) is 12.9. The number of aromatic nitrogens is 2. The van der Waals surface area contributed by atoms with Gasteiger partial charge in [-0.05, 0) is 32.4 Å². The second kappa shape index (κ2) is 5.45. The molecule has 0 unspecified atom stereocenters. The Kier molecular flexibility index (Phi) is 4.08. The minimum Gasteiger partial charge on any atom is -0.318 e. The molecule has 0 radical (unpaired) electrons. The maximum atomic E-state index is 12.2. The molecule has 0 fully saturated rings. The molecular formula is C12H11Cl2N3OS. The van der Waals surface area contributed by atoms with Gasteiger partial charge in [0.1, 0.15) is 10.0 Å². The van der Waals surface area contributed by atoms with E-state index in [2.05, 4.69) is 15.3 Å². The Labute approximate surface area is 124 Å². The molecule has 19 heavy (non-hydrogen) atoms. The van der Waals surface area contributed by atoms with Gasteiger partial charge in [0.15, 0.2) is 5.15 Å². The zero-order valence-electron chi connectivity index (χ0n) is 10.5. The SMILES string of the molecule is Cc1nc(C)c(C(=O)Nc2c(C)cc(Cl)nc2Cl)s1. The van der Waals surface area contributed by atoms with Gasteiger partial charge in [0.2, 0.25) is 0 Å². The Bertz CT molecular complexity index is 631. The normalized spacial score (nSPS) is 10.6. The number of carbonyl (C=O) groups excluding carboxylic acids is 1. The van der Waals surface area contributed by atoms with Crippen molar-refractivity contribution in [3.63, 3.8) is 0 Å². The molecule has 1 amide bonds. The number of nitrogens with one attached hydrogen (secondary N) is 1. The van der Waals surface area contributed by atoms with E-state index in [9.17, 15) is 4.79 Å². The molecule has 0 aromatic carbocycles. The summed E-state index contributed by atoms with van der Waals surface area (Å²) in [6.45, 7) is 5.46. The lowest BCUT2D eigenvalue weighted by Crippen LogP contribution is -2.13. The number of pyridine rings is 1. The van der Waals surface area contributed by atoms with E-state index in [4.69, 9.17) is 23.2 Å². The first-order valence-electron chi connectivity index (χ1n) is 5.46. The molecule has 0 saturated heterocycles. The highest BCUT2D eigenvalue weighted by Gasteiger charge is 2.17. The summed E-state index contributed by atoms with van der Waals surface area (Å²) in [5.41, 5.74) is 1.94. The standard InChI is InChI=1S/C12H11Cl2N3OS/c1-5-4-8(13)16-11(14)9(5)17-12(18)10-6(2)15-7(3)19-10/h4H,1-3H3,(H,17,18). The van der Waals surface area contributed by atoms with Gasteiger partial charge in [-0.2, -0.15) is 0 Å². The molecule has 4 nitrogen and oxygen atoms in total. The maximum absolute atomic E-state index is 12.2. The van der Waals surface area contributed by atoms with Gasteiger partial charge in [-0.3, -0.25) is 4.79 Å². The number of hydrogen-bond acceptors (Lipinski definition) is 4. The highest BCUT2D eigenvalue weighted by Crippen LogP contribution is 2.28. The Balaban J connectivity index is 2.32. The van der Waals surface area contributed by atoms with Crippen molar-refractivity contribution in [2.45, 2.75) is 20.8 Å². The Morgan fingerprint density at radius 1 is 1.26 bits per heavy atom. The van der Waals surface area contributed by atoms with Crippen LogP contribution in [0, 0.1) is 20.8 Å². The first-order chi connectivity index (χ1) is 8.88. The van der Waals surface area contributed by atoms with Crippen LogP contribution < -0.4 is 5.32 Å². The van der Waals surface area contributed by atoms with Crippen LogP contribution in [0.1, 0.15) is 25.9 Å². The molecular weight excluding hydrogens is 305 g/mol. The summed E-state index contributed by atoms with van der Waals surface area (Å²) in [4.78, 5) is 20.9. The van der Waals surface area contributed by atoms with Crippen LogP contribution in [0.2, 0.25) is 10.3 Å². The third-order valence-electron chi connectivity index (χ3n) is 2.49. The van der Waals surface area contributed by atoms with Crippen molar-refractivity contribution in [3.8, 4) is 0 Å². The molecule has 0 aliphatic rings. The number of thiazole rings is 1. The summed E-state index contributed by atoms with van der Waals surface area (Å²) >= 11 is 13.1. The lowest BCUT2D eigenvalue weighted by molar-refractivity contribution is 0.102. The van der Waals surface area contributed by atoms with Crippen LogP contribution in [0.15, 0.2) is 6.07 Å². The average molecular weight is 316 g/mol. The van der Waals surface area contributed by atoms with E-state index < -0.39 is 0 Å². The van der Waals surface area contributed by atoms with Gasteiger partial charge in [0.25, 0.3) is 5.91 Å². The van der Waals surface area contributed by atoms with E-state index in [1.54, 1.807) is 19.9 Å². The number of carbonyl (C=O) groups is 1. The molecule has 0 aliphatic carbocycles. The number of nitrogens with zero attached hydrogens (tertiary/aromatic N) is 2. The lowest BCUT2D eigenvalue weighted by Gasteiger charge is -2.09. The van der Waals surface area contributed by atoms with Gasteiger partial charge in [-0.15, -0.1) is 11.3 Å². The summed E-state index contributed by atoms with van der Waals surface area (Å²) in [5.74, 6) is -0.239. The molecule has 2 aromatic rings. The molecule has 7 heteroatoms. The quantitative estimate of drug-likeness (QED) is 0.851. The van der Waals surface area contributed by atoms with Crippen molar-refractivity contribution >= 4 is 46.1 Å². The number of amides is 1. The van der Waals surface area contributed by atoms with Gasteiger partial charge in [0, 0.05) is 0 Å². The summed E-state index contributed by atoms with van der Waals surface area (Å²) < 4.78 is 0. The molecule has 1 N–H and O–H groups in total. The highest BCUT2D eigenvalue weighted by molar-refractivity contribution is 7.13. The molecule has 0 spiro atoms. The Morgan fingerprint density at radius 2 is 1.95 bits per heavy atom. The van der Waals surface area contributed by atoms with Crippen molar-refractivity contribution in [2.24, 2.45) is 0 Å². The third-order valence-corrected chi connectivity index (χ3v) is 4.03. The fourth-order valence-corrected chi connectivity index (χ4v) is 3.05. The van der Waals surface area contributed by atoms with E-state index in [0.717, 1.165) is 10.6 Å². The molecule has 2 aromatic heterocycles. The van der Waals surface area contributed by atoms with Crippen molar-refractivity contribution in [2.75, 3.05) is 5.32 Å². The number of anilines is 1. The van der Waals surface area contributed by atoms with Crippen LogP contribution in [0.3, 0.4) is 0 Å². The second-order valence-corrected chi connectivity index (χ2v) is 5.98. The van der Waals surface area contributed by atoms with Crippen molar-refractivity contribution < 1.29 is 4.79 Å². The fraction of sp³-hybridized carbons (Fsp3) is 0.250. The van der Waals surface area contributed by atoms with Crippen LogP contribution in [0.25, 0.3) is 0 Å². The van der Waals surface area contributed by atoms with Crippen LogP contribution in [-0.4, -0.2) is 15.9 Å². The fourth-order valence-electron chi connectivity index (χ4n) is 1.66. The largest absolute Gasteiger partial charge is 0.318 e. The maximum Gasteiger partial charge on any atom is 0.267 e. The van der Waals surface area contributed by atoms with Crippen molar-refractivity contribution in [1.82, 2.24) is 9.97 Å². The van der Waals surface area contributed by atoms with Gasteiger partial charge in [-0.1, -0.05) is 23.2 Å². The first-order valence-corrected chi connectivity index (χ1v) is 7.03. The molecule has 0 bridgehead atoms. The predicted octanol–water partition coefficient (Wildman–Crippen LogP) is 4.02. The molecule has 2 heterocycles. The Hall–Kier alpha value is -1.17. The van der Waals surface area contributed by atoms with E-state index in [0.29, 0.717) is 21.4 Å². The van der Waals surface area contributed by atoms with Gasteiger partial charge >= 0.3 is 0 Å². The van der Waals surface area contributed by atoms with Crippen LogP contribution in [0.4, 0.5) is 5.69 Å².